The smallest absolute Gasteiger partial charge is 0.169 e. The minimum absolute atomic E-state index is 0.0939. The Kier molecular flexibility index (Phi) is 3.43. The van der Waals surface area contributed by atoms with Crippen molar-refractivity contribution in [2.45, 2.75) is 24.9 Å². The van der Waals surface area contributed by atoms with E-state index in [0.717, 1.165) is 12.0 Å². The highest BCUT2D eigenvalue weighted by Crippen LogP contribution is 2.37. The molecule has 14 heavy (non-hydrogen) atoms. The van der Waals surface area contributed by atoms with Gasteiger partial charge in [-0.05, 0) is 17.5 Å². The van der Waals surface area contributed by atoms with Crippen LogP contribution in [0.15, 0.2) is 24.3 Å². The van der Waals surface area contributed by atoms with Crippen LogP contribution in [-0.2, 0) is 6.42 Å². The van der Waals surface area contributed by atoms with E-state index in [1.807, 2.05) is 6.92 Å². The Morgan fingerprint density at radius 1 is 1.21 bits per heavy atom. The van der Waals surface area contributed by atoms with E-state index in [9.17, 15) is 13.2 Å². The molecule has 1 rings (SSSR count). The lowest BCUT2D eigenvalue weighted by Crippen LogP contribution is -2.15. The lowest BCUT2D eigenvalue weighted by Gasteiger charge is -2.13. The van der Waals surface area contributed by atoms with Gasteiger partial charge in [0, 0.05) is 0 Å². The SMILES string of the molecule is CCc1ccc(C(Cl)C(F)(F)F)cc1. The quantitative estimate of drug-likeness (QED) is 0.661. The standard InChI is InChI=1S/C10H10ClF3/c1-2-7-3-5-8(6-4-7)9(11)10(12,13)14/h3-6,9H,2H2,1H3. The van der Waals surface area contributed by atoms with Crippen LogP contribution >= 0.6 is 11.6 Å². The van der Waals surface area contributed by atoms with Crippen molar-refractivity contribution in [3.63, 3.8) is 0 Å². The molecule has 0 nitrogen and oxygen atoms in total. The summed E-state index contributed by atoms with van der Waals surface area (Å²) in [6, 6.07) is 6.17. The number of benzene rings is 1. The van der Waals surface area contributed by atoms with Gasteiger partial charge in [0.05, 0.1) is 0 Å². The Morgan fingerprint density at radius 3 is 2.07 bits per heavy atom. The van der Waals surface area contributed by atoms with Crippen molar-refractivity contribution >= 4 is 11.6 Å². The summed E-state index contributed by atoms with van der Waals surface area (Å²) in [7, 11) is 0. The van der Waals surface area contributed by atoms with Crippen LogP contribution in [0.1, 0.15) is 23.4 Å². The summed E-state index contributed by atoms with van der Waals surface area (Å²) in [4.78, 5) is 0. The van der Waals surface area contributed by atoms with Crippen molar-refractivity contribution < 1.29 is 13.2 Å². The van der Waals surface area contributed by atoms with E-state index in [2.05, 4.69) is 0 Å². The van der Waals surface area contributed by atoms with E-state index in [1.165, 1.54) is 12.1 Å². The first-order chi connectivity index (χ1) is 6.45. The van der Waals surface area contributed by atoms with Gasteiger partial charge in [0.1, 0.15) is 0 Å². The molecule has 0 aliphatic heterocycles. The van der Waals surface area contributed by atoms with Gasteiger partial charge in [0.2, 0.25) is 0 Å². The second-order valence-corrected chi connectivity index (χ2v) is 3.44. The fourth-order valence-corrected chi connectivity index (χ4v) is 1.26. The number of hydrogen-bond acceptors (Lipinski definition) is 0. The lowest BCUT2D eigenvalue weighted by molar-refractivity contribution is -0.131. The Bertz CT molecular complexity index is 289. The summed E-state index contributed by atoms with van der Waals surface area (Å²) < 4.78 is 36.6. The van der Waals surface area contributed by atoms with Crippen molar-refractivity contribution in [1.82, 2.24) is 0 Å². The van der Waals surface area contributed by atoms with E-state index in [1.54, 1.807) is 12.1 Å². The zero-order chi connectivity index (χ0) is 10.8. The second-order valence-electron chi connectivity index (χ2n) is 3.00. The molecule has 1 aromatic carbocycles. The molecule has 0 saturated carbocycles. The molecule has 1 unspecified atom stereocenters. The highest BCUT2D eigenvalue weighted by atomic mass is 35.5. The molecule has 1 aromatic rings. The predicted octanol–water partition coefficient (Wildman–Crippen LogP) is 4.09. The fourth-order valence-electron chi connectivity index (χ4n) is 1.11. The second kappa shape index (κ2) is 4.22. The number of aryl methyl sites for hydroxylation is 1. The molecule has 0 fully saturated rings. The van der Waals surface area contributed by atoms with Crippen LogP contribution in [0.4, 0.5) is 13.2 Å². The molecule has 0 heterocycles. The first kappa shape index (κ1) is 11.4. The van der Waals surface area contributed by atoms with Gasteiger partial charge in [-0.3, -0.25) is 0 Å². The maximum Gasteiger partial charge on any atom is 0.408 e. The molecular formula is C10H10ClF3. The molecule has 1 atom stereocenters. The first-order valence-electron chi connectivity index (χ1n) is 4.24. The topological polar surface area (TPSA) is 0 Å². The van der Waals surface area contributed by atoms with E-state index in [-0.39, 0.29) is 5.56 Å². The average Bonchev–Trinajstić information content (AvgIpc) is 2.15. The van der Waals surface area contributed by atoms with Crippen LogP contribution < -0.4 is 0 Å². The van der Waals surface area contributed by atoms with Gasteiger partial charge in [0.25, 0.3) is 0 Å². The van der Waals surface area contributed by atoms with Crippen LogP contribution in [0.5, 0.6) is 0 Å². The highest BCUT2D eigenvalue weighted by molar-refractivity contribution is 6.21. The zero-order valence-electron chi connectivity index (χ0n) is 7.61. The molecule has 0 bridgehead atoms. The maximum atomic E-state index is 12.2. The summed E-state index contributed by atoms with van der Waals surface area (Å²) in [6.07, 6.45) is -3.57. The molecule has 4 heteroatoms. The Morgan fingerprint density at radius 2 is 1.71 bits per heavy atom. The van der Waals surface area contributed by atoms with E-state index in [0.29, 0.717) is 0 Å². The Balaban J connectivity index is 2.87. The summed E-state index contributed by atoms with van der Waals surface area (Å²) >= 11 is 5.25. The van der Waals surface area contributed by atoms with Gasteiger partial charge < -0.3 is 0 Å². The summed E-state index contributed by atoms with van der Waals surface area (Å²) in [6.45, 7) is 1.94. The molecule has 0 aliphatic rings. The van der Waals surface area contributed by atoms with Crippen LogP contribution in [0.3, 0.4) is 0 Å². The molecule has 0 saturated heterocycles. The number of hydrogen-bond donors (Lipinski definition) is 0. The van der Waals surface area contributed by atoms with E-state index in [4.69, 9.17) is 11.6 Å². The molecule has 0 radical (unpaired) electrons. The highest BCUT2D eigenvalue weighted by Gasteiger charge is 2.39. The average molecular weight is 223 g/mol. The third kappa shape index (κ3) is 2.64. The van der Waals surface area contributed by atoms with Crippen molar-refractivity contribution in [3.8, 4) is 0 Å². The molecule has 78 valence electrons. The largest absolute Gasteiger partial charge is 0.408 e. The van der Waals surface area contributed by atoms with Crippen LogP contribution in [-0.4, -0.2) is 6.18 Å². The van der Waals surface area contributed by atoms with Crippen LogP contribution in [0.25, 0.3) is 0 Å². The van der Waals surface area contributed by atoms with Gasteiger partial charge in [-0.1, -0.05) is 31.2 Å². The number of rotatable bonds is 2. The molecule has 0 aromatic heterocycles. The summed E-state index contributed by atoms with van der Waals surface area (Å²) in [5.74, 6) is 0. The van der Waals surface area contributed by atoms with Crippen LogP contribution in [0, 0.1) is 0 Å². The van der Waals surface area contributed by atoms with Crippen molar-refractivity contribution in [2.24, 2.45) is 0 Å². The fraction of sp³-hybridized carbons (Fsp3) is 0.400. The third-order valence-electron chi connectivity index (χ3n) is 1.97. The lowest BCUT2D eigenvalue weighted by atomic mass is 10.1. The molecule has 0 N–H and O–H groups in total. The molecule has 0 aliphatic carbocycles. The normalized spacial score (nSPS) is 14.1. The molecule has 0 spiro atoms. The van der Waals surface area contributed by atoms with Crippen molar-refractivity contribution in [1.29, 1.82) is 0 Å². The Hall–Kier alpha value is -0.700. The monoisotopic (exact) mass is 222 g/mol. The van der Waals surface area contributed by atoms with Gasteiger partial charge in [0.15, 0.2) is 5.38 Å². The maximum absolute atomic E-state index is 12.2. The number of halogens is 4. The van der Waals surface area contributed by atoms with Crippen LogP contribution in [0.2, 0.25) is 0 Å². The molecular weight excluding hydrogens is 213 g/mol. The van der Waals surface area contributed by atoms with Gasteiger partial charge in [-0.25, -0.2) is 0 Å². The Labute approximate surface area is 85.7 Å². The van der Waals surface area contributed by atoms with Gasteiger partial charge in [-0.2, -0.15) is 13.2 Å². The minimum atomic E-state index is -4.38. The number of alkyl halides is 4. The van der Waals surface area contributed by atoms with Gasteiger partial charge >= 0.3 is 6.18 Å². The summed E-state index contributed by atoms with van der Waals surface area (Å²) in [5.41, 5.74) is 1.09. The van der Waals surface area contributed by atoms with Gasteiger partial charge in [-0.15, -0.1) is 11.6 Å². The van der Waals surface area contributed by atoms with Crippen molar-refractivity contribution in [3.05, 3.63) is 35.4 Å². The molecule has 0 amide bonds. The third-order valence-corrected chi connectivity index (χ3v) is 2.47. The predicted molar refractivity (Wildman–Crippen MR) is 50.5 cm³/mol. The summed E-state index contributed by atoms with van der Waals surface area (Å²) in [5, 5.41) is -1.91. The van der Waals surface area contributed by atoms with Crippen molar-refractivity contribution in [2.75, 3.05) is 0 Å². The minimum Gasteiger partial charge on any atom is -0.169 e. The van der Waals surface area contributed by atoms with E-state index < -0.39 is 11.6 Å². The first-order valence-corrected chi connectivity index (χ1v) is 4.68. The van der Waals surface area contributed by atoms with E-state index >= 15 is 0 Å². The zero-order valence-corrected chi connectivity index (χ0v) is 8.36.